The molecule has 1 aliphatic rings. The van der Waals surface area contributed by atoms with E-state index < -0.39 is 0 Å². The van der Waals surface area contributed by atoms with E-state index in [-0.39, 0.29) is 0 Å². The van der Waals surface area contributed by atoms with Crippen molar-refractivity contribution in [3.8, 4) is 0 Å². The molecule has 1 aromatic heterocycles. The predicted octanol–water partition coefficient (Wildman–Crippen LogP) is 3.99. The summed E-state index contributed by atoms with van der Waals surface area (Å²) in [4.78, 5) is 5.96. The Bertz CT molecular complexity index is 399. The number of hydrogen-bond acceptors (Lipinski definition) is 2. The van der Waals surface area contributed by atoms with Crippen molar-refractivity contribution in [3.05, 3.63) is 22.6 Å². The topological polar surface area (TPSA) is 12.4 Å². The molecule has 2 rings (SSSR count). The molecule has 1 aromatic rings. The molecule has 0 fully saturated rings. The summed E-state index contributed by atoms with van der Waals surface area (Å²) in [5.41, 5.74) is 3.99. The van der Waals surface area contributed by atoms with Crippen molar-refractivity contribution in [2.75, 3.05) is 0 Å². The lowest BCUT2D eigenvalue weighted by Gasteiger charge is -2.01. The van der Waals surface area contributed by atoms with Gasteiger partial charge in [-0.1, -0.05) is 6.58 Å². The number of fused-ring (bicyclic) bond motifs is 1. The summed E-state index contributed by atoms with van der Waals surface area (Å²) >= 11 is 1.84. The van der Waals surface area contributed by atoms with Gasteiger partial charge in [0.15, 0.2) is 0 Å². The SMILES string of the molecule is C=C(C)c1c(N=CC)sc2c1CCC2. The zero-order chi connectivity index (χ0) is 10.1. The van der Waals surface area contributed by atoms with Crippen LogP contribution in [0.2, 0.25) is 0 Å². The minimum Gasteiger partial charge on any atom is -0.250 e. The summed E-state index contributed by atoms with van der Waals surface area (Å²) in [5.74, 6) is 0. The van der Waals surface area contributed by atoms with Gasteiger partial charge in [0.2, 0.25) is 0 Å². The van der Waals surface area contributed by atoms with Crippen LogP contribution in [0, 0.1) is 0 Å². The van der Waals surface area contributed by atoms with Crippen molar-refractivity contribution in [1.29, 1.82) is 0 Å². The zero-order valence-corrected chi connectivity index (χ0v) is 9.58. The van der Waals surface area contributed by atoms with Gasteiger partial charge in [-0.3, -0.25) is 4.99 Å². The van der Waals surface area contributed by atoms with E-state index in [0.717, 1.165) is 10.6 Å². The number of thiophene rings is 1. The molecule has 0 amide bonds. The highest BCUT2D eigenvalue weighted by Crippen LogP contribution is 2.43. The number of aryl methyl sites for hydroxylation is 1. The van der Waals surface area contributed by atoms with Crippen LogP contribution in [0.1, 0.15) is 36.3 Å². The van der Waals surface area contributed by atoms with Gasteiger partial charge < -0.3 is 0 Å². The first-order valence-corrected chi connectivity index (χ1v) is 5.84. The van der Waals surface area contributed by atoms with E-state index in [1.165, 1.54) is 35.3 Å². The van der Waals surface area contributed by atoms with Crippen LogP contribution in [0.4, 0.5) is 5.00 Å². The molecule has 1 nitrogen and oxygen atoms in total. The van der Waals surface area contributed by atoms with Gasteiger partial charge in [0, 0.05) is 16.7 Å². The van der Waals surface area contributed by atoms with Crippen molar-refractivity contribution in [2.24, 2.45) is 4.99 Å². The third-order valence-corrected chi connectivity index (χ3v) is 3.78. The van der Waals surface area contributed by atoms with Crippen LogP contribution < -0.4 is 0 Å². The van der Waals surface area contributed by atoms with E-state index >= 15 is 0 Å². The lowest BCUT2D eigenvalue weighted by Crippen LogP contribution is -1.83. The molecule has 0 aliphatic heterocycles. The molecule has 1 heterocycles. The number of rotatable bonds is 2. The Morgan fingerprint density at radius 1 is 1.50 bits per heavy atom. The van der Waals surface area contributed by atoms with Crippen LogP contribution >= 0.6 is 11.3 Å². The fourth-order valence-electron chi connectivity index (χ4n) is 2.04. The average molecular weight is 205 g/mol. The summed E-state index contributed by atoms with van der Waals surface area (Å²) < 4.78 is 0. The van der Waals surface area contributed by atoms with E-state index in [0.29, 0.717) is 0 Å². The lowest BCUT2D eigenvalue weighted by atomic mass is 10.1. The smallest absolute Gasteiger partial charge is 0.123 e. The van der Waals surface area contributed by atoms with Gasteiger partial charge >= 0.3 is 0 Å². The fourth-order valence-corrected chi connectivity index (χ4v) is 3.40. The minimum absolute atomic E-state index is 1.16. The number of allylic oxidation sites excluding steroid dienone is 1. The normalized spacial score (nSPS) is 15.0. The number of nitrogens with zero attached hydrogens (tertiary/aromatic N) is 1. The van der Waals surface area contributed by atoms with Crippen LogP contribution in [-0.2, 0) is 12.8 Å². The van der Waals surface area contributed by atoms with Crippen LogP contribution in [0.15, 0.2) is 11.6 Å². The molecule has 0 bridgehead atoms. The van der Waals surface area contributed by atoms with Crippen molar-refractivity contribution >= 4 is 28.1 Å². The summed E-state index contributed by atoms with van der Waals surface area (Å²) in [6.07, 6.45) is 5.62. The van der Waals surface area contributed by atoms with Gasteiger partial charge in [0.05, 0.1) is 0 Å². The van der Waals surface area contributed by atoms with E-state index in [1.807, 2.05) is 24.5 Å². The Kier molecular flexibility index (Phi) is 2.55. The minimum atomic E-state index is 1.16. The third-order valence-electron chi connectivity index (χ3n) is 2.58. The first kappa shape index (κ1) is 9.66. The Morgan fingerprint density at radius 3 is 2.93 bits per heavy atom. The molecular weight excluding hydrogens is 190 g/mol. The van der Waals surface area contributed by atoms with E-state index in [2.05, 4.69) is 18.5 Å². The molecule has 0 aromatic carbocycles. The molecule has 74 valence electrons. The average Bonchev–Trinajstić information content (AvgIpc) is 2.62. The Labute approximate surface area is 89.2 Å². The molecule has 0 N–H and O–H groups in total. The summed E-state index contributed by atoms with van der Waals surface area (Å²) in [6, 6.07) is 0. The summed E-state index contributed by atoms with van der Waals surface area (Å²) in [6.45, 7) is 8.09. The van der Waals surface area contributed by atoms with Gasteiger partial charge in [-0.15, -0.1) is 11.3 Å². The molecular formula is C12H15NS. The van der Waals surface area contributed by atoms with Crippen molar-refractivity contribution < 1.29 is 0 Å². The Balaban J connectivity index is 2.56. The van der Waals surface area contributed by atoms with Crippen molar-refractivity contribution in [1.82, 2.24) is 0 Å². The maximum Gasteiger partial charge on any atom is 0.123 e. The highest BCUT2D eigenvalue weighted by atomic mass is 32.1. The van der Waals surface area contributed by atoms with E-state index in [4.69, 9.17) is 0 Å². The van der Waals surface area contributed by atoms with Crippen LogP contribution in [0.3, 0.4) is 0 Å². The third kappa shape index (κ3) is 1.44. The van der Waals surface area contributed by atoms with Gasteiger partial charge in [-0.2, -0.15) is 0 Å². The van der Waals surface area contributed by atoms with Gasteiger partial charge in [-0.05, 0) is 44.2 Å². The molecule has 0 saturated carbocycles. The predicted molar refractivity (Wildman–Crippen MR) is 64.9 cm³/mol. The van der Waals surface area contributed by atoms with Gasteiger partial charge in [0.1, 0.15) is 5.00 Å². The molecule has 0 radical (unpaired) electrons. The monoisotopic (exact) mass is 205 g/mol. The van der Waals surface area contributed by atoms with Gasteiger partial charge in [0.25, 0.3) is 0 Å². The van der Waals surface area contributed by atoms with Crippen LogP contribution in [0.5, 0.6) is 0 Å². The second-order valence-corrected chi connectivity index (χ2v) is 4.79. The molecule has 0 saturated heterocycles. The maximum atomic E-state index is 4.42. The highest BCUT2D eigenvalue weighted by Gasteiger charge is 2.21. The zero-order valence-electron chi connectivity index (χ0n) is 8.76. The van der Waals surface area contributed by atoms with Crippen LogP contribution in [0.25, 0.3) is 5.57 Å². The lowest BCUT2D eigenvalue weighted by molar-refractivity contribution is 0.913. The molecule has 1 aliphatic carbocycles. The van der Waals surface area contributed by atoms with E-state index in [9.17, 15) is 0 Å². The standard InChI is InChI=1S/C12H15NS/c1-4-13-12-11(8(2)3)9-6-5-7-10(9)14-12/h4H,2,5-7H2,1,3H3. The second-order valence-electron chi connectivity index (χ2n) is 3.71. The quantitative estimate of drug-likeness (QED) is 0.647. The fraction of sp³-hybridized carbons (Fsp3) is 0.417. The molecule has 0 atom stereocenters. The molecule has 2 heteroatoms. The largest absolute Gasteiger partial charge is 0.250 e. The first-order valence-electron chi connectivity index (χ1n) is 5.03. The summed E-state index contributed by atoms with van der Waals surface area (Å²) in [5, 5.41) is 1.16. The van der Waals surface area contributed by atoms with Crippen molar-refractivity contribution in [2.45, 2.75) is 33.1 Å². The molecule has 0 spiro atoms. The highest BCUT2D eigenvalue weighted by molar-refractivity contribution is 7.16. The van der Waals surface area contributed by atoms with Crippen molar-refractivity contribution in [3.63, 3.8) is 0 Å². The number of hydrogen-bond donors (Lipinski definition) is 0. The Hall–Kier alpha value is -0.890. The molecule has 14 heavy (non-hydrogen) atoms. The number of aliphatic imine (C=N–C) groups is 1. The molecule has 0 unspecified atom stereocenters. The maximum absolute atomic E-state index is 4.42. The van der Waals surface area contributed by atoms with Gasteiger partial charge in [-0.25, -0.2) is 0 Å². The van der Waals surface area contributed by atoms with E-state index in [1.54, 1.807) is 0 Å². The Morgan fingerprint density at radius 2 is 2.29 bits per heavy atom. The second kappa shape index (κ2) is 3.70. The first-order chi connectivity index (χ1) is 6.74. The van der Waals surface area contributed by atoms with Crippen LogP contribution in [-0.4, -0.2) is 6.21 Å². The summed E-state index contributed by atoms with van der Waals surface area (Å²) in [7, 11) is 0.